The number of hydrogen-bond donors (Lipinski definition) is 0. The summed E-state index contributed by atoms with van der Waals surface area (Å²) in [5.41, 5.74) is 0.733. The van der Waals surface area contributed by atoms with Crippen molar-refractivity contribution in [3.63, 3.8) is 0 Å². The average molecular weight is 387 g/mol. The molecule has 0 N–H and O–H groups in total. The van der Waals surface area contributed by atoms with Crippen LogP contribution in [-0.4, -0.2) is 19.5 Å². The molecule has 1 aromatic rings. The number of halogens is 3. The van der Waals surface area contributed by atoms with Crippen LogP contribution in [-0.2, 0) is 9.47 Å². The Morgan fingerprint density at radius 3 is 2.89 bits per heavy atom. The molecule has 1 aliphatic rings. The normalized spacial score (nSPS) is 23.4. The number of hydrogen-bond acceptors (Lipinski definition) is 3. The molecule has 18 heavy (non-hydrogen) atoms. The summed E-state index contributed by atoms with van der Waals surface area (Å²) >= 11 is 7.76. The van der Waals surface area contributed by atoms with E-state index in [1.54, 1.807) is 6.07 Å². The molecule has 0 radical (unpaired) electrons. The third-order valence-corrected chi connectivity index (χ3v) is 3.86. The minimum absolute atomic E-state index is 0.0704. The molecule has 3 nitrogen and oxygen atoms in total. The molecule has 0 spiro atoms. The highest BCUT2D eigenvalue weighted by molar-refractivity contribution is 14.1. The maximum Gasteiger partial charge on any atom is 0.158 e. The maximum absolute atomic E-state index is 13.8. The molecule has 1 fully saturated rings. The lowest BCUT2D eigenvalue weighted by Crippen LogP contribution is -2.08. The third-order valence-electron chi connectivity index (χ3n) is 2.62. The summed E-state index contributed by atoms with van der Waals surface area (Å²) in [6, 6.07) is 1.55. The van der Waals surface area contributed by atoms with Crippen LogP contribution in [0, 0.1) is 9.39 Å². The Hall–Kier alpha value is -0.110. The molecule has 1 aliphatic heterocycles. The van der Waals surface area contributed by atoms with Gasteiger partial charge in [-0.05, 0) is 42.5 Å². The van der Waals surface area contributed by atoms with Crippen LogP contribution in [0.25, 0.3) is 0 Å². The molecule has 1 saturated heterocycles. The summed E-state index contributed by atoms with van der Waals surface area (Å²) in [7, 11) is 0. The van der Waals surface area contributed by atoms with Gasteiger partial charge in [-0.2, -0.15) is 0 Å². The largest absolute Gasteiger partial charge is 0.492 e. The predicted molar refractivity (Wildman–Crippen MR) is 74.5 cm³/mol. The van der Waals surface area contributed by atoms with Gasteiger partial charge < -0.3 is 14.2 Å². The molecule has 100 valence electrons. The van der Waals surface area contributed by atoms with E-state index in [0.717, 1.165) is 5.56 Å². The summed E-state index contributed by atoms with van der Waals surface area (Å²) in [5, 5.41) is 0.0704. The molecule has 2 unspecified atom stereocenters. The first-order valence-corrected chi connectivity index (χ1v) is 7.07. The second-order valence-electron chi connectivity index (χ2n) is 3.86. The lowest BCUT2D eigenvalue weighted by Gasteiger charge is -2.17. The quantitative estimate of drug-likeness (QED) is 0.582. The van der Waals surface area contributed by atoms with Crippen molar-refractivity contribution in [2.75, 3.05) is 13.2 Å². The zero-order chi connectivity index (χ0) is 13.3. The van der Waals surface area contributed by atoms with Crippen LogP contribution < -0.4 is 4.74 Å². The first kappa shape index (κ1) is 14.3. The highest BCUT2D eigenvalue weighted by atomic mass is 127. The molecule has 0 saturated carbocycles. The summed E-state index contributed by atoms with van der Waals surface area (Å²) in [6.07, 6.45) is -0.542. The number of benzene rings is 1. The lowest BCUT2D eigenvalue weighted by atomic mass is 10.1. The zero-order valence-electron chi connectivity index (χ0n) is 10.0. The molecular formula is C12H13ClFIO3. The van der Waals surface area contributed by atoms with E-state index >= 15 is 0 Å². The lowest BCUT2D eigenvalue weighted by molar-refractivity contribution is -0.0429. The Morgan fingerprint density at radius 1 is 1.61 bits per heavy atom. The molecule has 0 aliphatic carbocycles. The van der Waals surface area contributed by atoms with Gasteiger partial charge in [0, 0.05) is 5.56 Å². The molecule has 6 heteroatoms. The first-order valence-electron chi connectivity index (χ1n) is 5.61. The van der Waals surface area contributed by atoms with E-state index in [0.29, 0.717) is 22.5 Å². The van der Waals surface area contributed by atoms with Crippen molar-refractivity contribution in [1.82, 2.24) is 0 Å². The standard InChI is InChI=1S/C12H13ClFIO3/c1-3-16-12-7(9-5-17-6(2)18-9)4-8(13)10(14)11(12)15/h4,6,9H,3,5H2,1-2H3. The van der Waals surface area contributed by atoms with Crippen molar-refractivity contribution in [3.05, 3.63) is 26.0 Å². The van der Waals surface area contributed by atoms with E-state index in [4.69, 9.17) is 25.8 Å². The van der Waals surface area contributed by atoms with Crippen molar-refractivity contribution < 1.29 is 18.6 Å². The third kappa shape index (κ3) is 2.74. The monoisotopic (exact) mass is 386 g/mol. The minimum atomic E-state index is -0.462. The summed E-state index contributed by atoms with van der Waals surface area (Å²) in [6.45, 7) is 4.53. The van der Waals surface area contributed by atoms with Gasteiger partial charge in [0.25, 0.3) is 0 Å². The Bertz CT molecular complexity index is 455. The summed E-state index contributed by atoms with van der Waals surface area (Å²) in [4.78, 5) is 0. The smallest absolute Gasteiger partial charge is 0.158 e. The van der Waals surface area contributed by atoms with E-state index in [-0.39, 0.29) is 17.4 Å². The zero-order valence-corrected chi connectivity index (χ0v) is 12.9. The van der Waals surface area contributed by atoms with E-state index in [1.807, 2.05) is 36.4 Å². The van der Waals surface area contributed by atoms with Crippen LogP contribution in [0.5, 0.6) is 5.75 Å². The molecule has 1 aromatic carbocycles. The van der Waals surface area contributed by atoms with Gasteiger partial charge in [0.05, 0.1) is 21.8 Å². The molecule has 2 rings (SSSR count). The van der Waals surface area contributed by atoms with Crippen LogP contribution in [0.4, 0.5) is 4.39 Å². The van der Waals surface area contributed by atoms with Crippen molar-refractivity contribution in [1.29, 1.82) is 0 Å². The molecule has 0 bridgehead atoms. The fraction of sp³-hybridized carbons (Fsp3) is 0.500. The number of rotatable bonds is 3. The average Bonchev–Trinajstić information content (AvgIpc) is 2.76. The van der Waals surface area contributed by atoms with Crippen molar-refractivity contribution in [2.45, 2.75) is 26.2 Å². The Morgan fingerprint density at radius 2 is 2.33 bits per heavy atom. The first-order chi connectivity index (χ1) is 8.54. The minimum Gasteiger partial charge on any atom is -0.492 e. The highest BCUT2D eigenvalue weighted by Crippen LogP contribution is 2.39. The second kappa shape index (κ2) is 5.90. The SMILES string of the molecule is CCOc1c(C2COC(C)O2)cc(Cl)c(F)c1I. The van der Waals surface area contributed by atoms with Gasteiger partial charge in [-0.3, -0.25) is 0 Å². The molecular weight excluding hydrogens is 373 g/mol. The van der Waals surface area contributed by atoms with Crippen LogP contribution >= 0.6 is 34.2 Å². The van der Waals surface area contributed by atoms with E-state index in [2.05, 4.69) is 0 Å². The van der Waals surface area contributed by atoms with Crippen LogP contribution in [0.3, 0.4) is 0 Å². The number of ether oxygens (including phenoxy) is 3. The maximum atomic E-state index is 13.8. The molecule has 2 atom stereocenters. The fourth-order valence-electron chi connectivity index (χ4n) is 1.82. The Balaban J connectivity index is 2.44. The summed E-state index contributed by atoms with van der Waals surface area (Å²) in [5.74, 6) is 0.0270. The van der Waals surface area contributed by atoms with Crippen molar-refractivity contribution in [2.24, 2.45) is 0 Å². The topological polar surface area (TPSA) is 27.7 Å². The van der Waals surface area contributed by atoms with Gasteiger partial charge in [-0.25, -0.2) is 4.39 Å². The highest BCUT2D eigenvalue weighted by Gasteiger charge is 2.29. The van der Waals surface area contributed by atoms with Gasteiger partial charge in [0.1, 0.15) is 11.9 Å². The van der Waals surface area contributed by atoms with Gasteiger partial charge in [0.15, 0.2) is 12.1 Å². The second-order valence-corrected chi connectivity index (χ2v) is 5.35. The molecule has 1 heterocycles. The predicted octanol–water partition coefficient (Wildman–Crippen LogP) is 3.92. The Kier molecular flexibility index (Phi) is 4.69. The van der Waals surface area contributed by atoms with E-state index < -0.39 is 5.82 Å². The van der Waals surface area contributed by atoms with E-state index in [9.17, 15) is 4.39 Å². The van der Waals surface area contributed by atoms with Gasteiger partial charge in [-0.1, -0.05) is 11.6 Å². The van der Waals surface area contributed by atoms with Crippen LogP contribution in [0.1, 0.15) is 25.5 Å². The van der Waals surface area contributed by atoms with Crippen molar-refractivity contribution >= 4 is 34.2 Å². The Labute approximate surface area is 124 Å². The molecule has 0 aromatic heterocycles. The fourth-order valence-corrected chi connectivity index (χ4v) is 2.95. The van der Waals surface area contributed by atoms with E-state index in [1.165, 1.54) is 0 Å². The van der Waals surface area contributed by atoms with Crippen LogP contribution in [0.15, 0.2) is 6.07 Å². The van der Waals surface area contributed by atoms with Crippen molar-refractivity contribution in [3.8, 4) is 5.75 Å². The summed E-state index contributed by atoms with van der Waals surface area (Å²) < 4.78 is 30.6. The van der Waals surface area contributed by atoms with Gasteiger partial charge in [0.2, 0.25) is 0 Å². The van der Waals surface area contributed by atoms with Crippen LogP contribution in [0.2, 0.25) is 5.02 Å². The molecule has 0 amide bonds. The van der Waals surface area contributed by atoms with Gasteiger partial charge >= 0.3 is 0 Å². The van der Waals surface area contributed by atoms with Gasteiger partial charge in [-0.15, -0.1) is 0 Å².